The maximum absolute atomic E-state index is 4.84. The molecule has 0 aliphatic heterocycles. The van der Waals surface area contributed by atoms with Crippen LogP contribution in [-0.4, -0.2) is 4.98 Å². The molecule has 1 nitrogen and oxygen atoms in total. The van der Waals surface area contributed by atoms with E-state index < -0.39 is 0 Å². The lowest BCUT2D eigenvalue weighted by Gasteiger charge is -2.21. The molecule has 3 aromatic carbocycles. The van der Waals surface area contributed by atoms with Gasteiger partial charge in [-0.15, -0.1) is 0 Å². The monoisotopic (exact) mass is 778 g/mol. The fourth-order valence-electron chi connectivity index (χ4n) is 6.08. The Morgan fingerprint density at radius 1 is 0.712 bits per heavy atom. The maximum atomic E-state index is 4.84. The summed E-state index contributed by atoms with van der Waals surface area (Å²) in [6, 6.07) is 35.8. The van der Waals surface area contributed by atoms with Gasteiger partial charge < -0.3 is 0 Å². The van der Waals surface area contributed by atoms with Crippen molar-refractivity contribution in [3.63, 3.8) is 0 Å². The van der Waals surface area contributed by atoms with Crippen molar-refractivity contribution < 1.29 is 0 Å². The van der Waals surface area contributed by atoms with E-state index in [9.17, 15) is 0 Å². The van der Waals surface area contributed by atoms with Gasteiger partial charge >= 0.3 is 0 Å². The molecule has 0 N–H and O–H groups in total. The number of nitrogens with zero attached hydrogens (tertiary/aromatic N) is 1. The summed E-state index contributed by atoms with van der Waals surface area (Å²) in [5.41, 5.74) is 13.7. The Labute approximate surface area is 358 Å². The van der Waals surface area contributed by atoms with Gasteiger partial charge in [0.05, 0.1) is 5.69 Å². The molecule has 0 saturated heterocycles. The van der Waals surface area contributed by atoms with E-state index in [1.54, 1.807) is 12.2 Å². The average Bonchev–Trinajstić information content (AvgIpc) is 3.28. The van der Waals surface area contributed by atoms with Crippen molar-refractivity contribution in [2.45, 2.75) is 68.2 Å². The minimum Gasteiger partial charge on any atom is -0.256 e. The number of pyridine rings is 1. The second-order valence-corrected chi connectivity index (χ2v) is 13.9. The molecule has 1 aromatic heterocycles. The smallest absolute Gasteiger partial charge is 0.0659 e. The summed E-state index contributed by atoms with van der Waals surface area (Å²) >= 11 is 0. The van der Waals surface area contributed by atoms with Gasteiger partial charge in [-0.3, -0.25) is 4.98 Å². The van der Waals surface area contributed by atoms with Gasteiger partial charge in [0, 0.05) is 6.20 Å². The minimum absolute atomic E-state index is 0.769. The van der Waals surface area contributed by atoms with Crippen LogP contribution >= 0.6 is 0 Å². The fourth-order valence-corrected chi connectivity index (χ4v) is 6.08. The van der Waals surface area contributed by atoms with Gasteiger partial charge in [0.1, 0.15) is 0 Å². The molecular formula is C58H67N. The van der Waals surface area contributed by atoms with Crippen LogP contribution in [0.4, 0.5) is 0 Å². The molecule has 1 heteroatoms. The predicted octanol–water partition coefficient (Wildman–Crippen LogP) is 17.0. The zero-order chi connectivity index (χ0) is 43.3. The van der Waals surface area contributed by atoms with Gasteiger partial charge in [-0.25, -0.2) is 0 Å². The molecule has 1 unspecified atom stereocenters. The van der Waals surface area contributed by atoms with Crippen molar-refractivity contribution in [1.82, 2.24) is 4.98 Å². The van der Waals surface area contributed by atoms with Gasteiger partial charge in [-0.05, 0) is 110 Å². The first kappa shape index (κ1) is 48.8. The highest BCUT2D eigenvalue weighted by molar-refractivity contribution is 6.16. The van der Waals surface area contributed by atoms with Crippen LogP contribution in [0.1, 0.15) is 89.3 Å². The fraction of sp³-hybridized carbons (Fsp3) is 0.190. The standard InChI is InChI=1S/C42H43N.C7H10.C7H8.C2H6/c1-8-11-15-21-32(4)27-28-36(10-3)34(6)41(37-23-17-13-18-24-37)42(38-25-19-14-20-26-38)35(7)39-29-30-40(43-31-39)33(5)22-16-12-9-2;2*1-7-5-3-2-4-6-7;1-2/h8-20,22-31H,1-2,4,21H2,3,5-7H3;2-5,7H,6H2,1H3;2-6H,1H3;1-2H3/b15-11-,16-12-,28-27-,33-22+,36-10+,41-34+,42-35+;;;. The van der Waals surface area contributed by atoms with Crippen LogP contribution in [0, 0.1) is 12.8 Å². The Morgan fingerprint density at radius 2 is 1.31 bits per heavy atom. The van der Waals surface area contributed by atoms with Gasteiger partial charge in [0.25, 0.3) is 0 Å². The number of rotatable bonds is 13. The molecule has 1 atom stereocenters. The molecule has 304 valence electrons. The van der Waals surface area contributed by atoms with E-state index in [1.165, 1.54) is 28.7 Å². The van der Waals surface area contributed by atoms with Crippen molar-refractivity contribution >= 4 is 22.3 Å². The summed E-state index contributed by atoms with van der Waals surface area (Å²) in [7, 11) is 0. The van der Waals surface area contributed by atoms with E-state index in [1.807, 2.05) is 56.5 Å². The molecule has 0 radical (unpaired) electrons. The van der Waals surface area contributed by atoms with E-state index in [0.717, 1.165) is 57.0 Å². The van der Waals surface area contributed by atoms with Crippen LogP contribution in [0.15, 0.2) is 231 Å². The molecule has 0 fully saturated rings. The van der Waals surface area contributed by atoms with Crippen LogP contribution in [0.5, 0.6) is 0 Å². The second-order valence-electron chi connectivity index (χ2n) is 13.9. The largest absolute Gasteiger partial charge is 0.256 e. The Balaban J connectivity index is 0.000000620. The highest BCUT2D eigenvalue weighted by Gasteiger charge is 2.19. The molecule has 0 amide bonds. The quantitative estimate of drug-likeness (QED) is 0.123. The SMILES string of the molecule is C=C/C=C\C=C(/C)c1ccc(/C(C)=C(/C(=C(C)/C(/C=C\C(=C)C/C=C\C=C)=C/C)c2ccccc2)c2ccccc2)cn1.CC.CC1C=CC=CC1.Cc1ccccc1. The summed E-state index contributed by atoms with van der Waals surface area (Å²) in [6.07, 6.45) is 32.6. The van der Waals surface area contributed by atoms with E-state index in [4.69, 9.17) is 4.98 Å². The molecule has 1 aliphatic rings. The highest BCUT2D eigenvalue weighted by Crippen LogP contribution is 2.41. The normalized spacial score (nSPS) is 14.5. The molecule has 1 heterocycles. The number of hydrogen-bond acceptors (Lipinski definition) is 1. The summed E-state index contributed by atoms with van der Waals surface area (Å²) in [5, 5.41) is 0. The molecule has 59 heavy (non-hydrogen) atoms. The topological polar surface area (TPSA) is 12.9 Å². The van der Waals surface area contributed by atoms with Crippen molar-refractivity contribution in [2.75, 3.05) is 0 Å². The summed E-state index contributed by atoms with van der Waals surface area (Å²) in [4.78, 5) is 4.84. The van der Waals surface area contributed by atoms with Gasteiger partial charge in [0.15, 0.2) is 0 Å². The molecule has 0 spiro atoms. The third-order valence-electron chi connectivity index (χ3n) is 9.35. The average molecular weight is 778 g/mol. The van der Waals surface area contributed by atoms with E-state index in [2.05, 4.69) is 201 Å². The van der Waals surface area contributed by atoms with Crippen molar-refractivity contribution in [3.05, 3.63) is 259 Å². The Bertz CT molecular complexity index is 2140. The zero-order valence-corrected chi connectivity index (χ0v) is 37.0. The van der Waals surface area contributed by atoms with E-state index in [-0.39, 0.29) is 0 Å². The summed E-state index contributed by atoms with van der Waals surface area (Å²) in [6.45, 7) is 28.6. The number of aryl methyl sites for hydroxylation is 1. The van der Waals surface area contributed by atoms with E-state index in [0.29, 0.717) is 0 Å². The Morgan fingerprint density at radius 3 is 1.76 bits per heavy atom. The highest BCUT2D eigenvalue weighted by atomic mass is 14.7. The van der Waals surface area contributed by atoms with Crippen LogP contribution in [0.3, 0.4) is 0 Å². The van der Waals surface area contributed by atoms with Crippen molar-refractivity contribution in [1.29, 1.82) is 0 Å². The van der Waals surface area contributed by atoms with Crippen LogP contribution in [-0.2, 0) is 0 Å². The lowest BCUT2D eigenvalue weighted by atomic mass is 9.82. The second kappa shape index (κ2) is 29.0. The Kier molecular flexibility index (Phi) is 24.0. The number of hydrogen-bond donors (Lipinski definition) is 0. The third-order valence-corrected chi connectivity index (χ3v) is 9.35. The first-order chi connectivity index (χ1) is 28.7. The number of aromatic nitrogens is 1. The Hall–Kier alpha value is -6.31. The van der Waals surface area contributed by atoms with Gasteiger partial charge in [0.2, 0.25) is 0 Å². The van der Waals surface area contributed by atoms with Crippen LogP contribution in [0.2, 0.25) is 0 Å². The zero-order valence-electron chi connectivity index (χ0n) is 37.0. The van der Waals surface area contributed by atoms with Crippen molar-refractivity contribution in [3.8, 4) is 0 Å². The molecular weight excluding hydrogens is 711 g/mol. The third kappa shape index (κ3) is 17.8. The lowest BCUT2D eigenvalue weighted by Crippen LogP contribution is -2.00. The summed E-state index contributed by atoms with van der Waals surface area (Å²) < 4.78 is 0. The number of benzene rings is 3. The first-order valence-corrected chi connectivity index (χ1v) is 20.8. The van der Waals surface area contributed by atoms with Crippen LogP contribution in [0.25, 0.3) is 22.3 Å². The minimum atomic E-state index is 0.769. The maximum Gasteiger partial charge on any atom is 0.0659 e. The van der Waals surface area contributed by atoms with Crippen LogP contribution < -0.4 is 0 Å². The first-order valence-electron chi connectivity index (χ1n) is 20.8. The molecule has 1 aliphatic carbocycles. The van der Waals surface area contributed by atoms with Crippen molar-refractivity contribution in [2.24, 2.45) is 5.92 Å². The molecule has 0 saturated carbocycles. The van der Waals surface area contributed by atoms with E-state index >= 15 is 0 Å². The molecule has 4 aromatic rings. The van der Waals surface area contributed by atoms with Gasteiger partial charge in [-0.1, -0.05) is 234 Å². The lowest BCUT2D eigenvalue weighted by molar-refractivity contribution is 0.737. The predicted molar refractivity (Wildman–Crippen MR) is 266 cm³/mol. The molecule has 0 bridgehead atoms. The summed E-state index contributed by atoms with van der Waals surface area (Å²) in [5.74, 6) is 0.769. The molecule has 5 rings (SSSR count). The number of allylic oxidation sites excluding steroid dienone is 21. The van der Waals surface area contributed by atoms with Gasteiger partial charge in [-0.2, -0.15) is 0 Å².